The maximum absolute atomic E-state index is 13.5. The normalized spacial score (nSPS) is 19.3. The van der Waals surface area contributed by atoms with E-state index in [0.29, 0.717) is 30.0 Å². The van der Waals surface area contributed by atoms with E-state index >= 15 is 0 Å². The first kappa shape index (κ1) is 22.4. The van der Waals surface area contributed by atoms with Gasteiger partial charge in [-0.1, -0.05) is 0 Å². The smallest absolute Gasteiger partial charge is 0.414 e. The summed E-state index contributed by atoms with van der Waals surface area (Å²) in [6.07, 6.45) is 4.41. The van der Waals surface area contributed by atoms with E-state index in [1.54, 1.807) is 27.9 Å². The molecule has 1 unspecified atom stereocenters. The Hall–Kier alpha value is -3.40. The number of amides is 1. The Morgan fingerprint density at radius 2 is 1.88 bits per heavy atom. The number of anilines is 1. The Bertz CT molecular complexity index is 1340. The third-order valence-electron chi connectivity index (χ3n) is 6.33. The van der Waals surface area contributed by atoms with Gasteiger partial charge in [-0.05, 0) is 56.2 Å². The highest BCUT2D eigenvalue weighted by Gasteiger charge is 2.36. The number of hydrogen-bond acceptors (Lipinski definition) is 6. The van der Waals surface area contributed by atoms with Gasteiger partial charge in [-0.15, -0.1) is 0 Å². The van der Waals surface area contributed by atoms with Crippen molar-refractivity contribution in [1.29, 1.82) is 0 Å². The molecule has 0 spiro atoms. The van der Waals surface area contributed by atoms with Crippen molar-refractivity contribution in [2.24, 2.45) is 0 Å². The van der Waals surface area contributed by atoms with Crippen LogP contribution in [0.4, 0.5) is 14.9 Å². The Morgan fingerprint density at radius 3 is 2.56 bits per heavy atom. The number of carbonyl (C=O) groups excluding carboxylic acids is 1. The first-order valence-corrected chi connectivity index (χ1v) is 12.8. The quantitative estimate of drug-likeness (QED) is 0.546. The Labute approximate surface area is 196 Å². The summed E-state index contributed by atoms with van der Waals surface area (Å²) >= 11 is 0. The topological polar surface area (TPSA) is 90.7 Å². The number of rotatable bonds is 4. The SMILES string of the molecule is COC(=O)N1c2ccc(-c3cnn(C4CS(=O)(=O)C4)c3)c(Oc3ccc(F)cc3)c2CCC1C. The highest BCUT2D eigenvalue weighted by atomic mass is 32.2. The van der Waals surface area contributed by atoms with E-state index < -0.39 is 15.9 Å². The Kier molecular flexibility index (Phi) is 5.55. The first-order chi connectivity index (χ1) is 16.3. The summed E-state index contributed by atoms with van der Waals surface area (Å²) in [5.74, 6) is 0.777. The van der Waals surface area contributed by atoms with Gasteiger partial charge < -0.3 is 9.47 Å². The van der Waals surface area contributed by atoms with Crippen molar-refractivity contribution in [1.82, 2.24) is 9.78 Å². The lowest BCUT2D eigenvalue weighted by molar-refractivity contribution is 0.175. The molecule has 3 heterocycles. The van der Waals surface area contributed by atoms with E-state index in [4.69, 9.17) is 9.47 Å². The summed E-state index contributed by atoms with van der Waals surface area (Å²) in [6, 6.07) is 9.21. The number of benzene rings is 2. The minimum Gasteiger partial charge on any atom is -0.456 e. The van der Waals surface area contributed by atoms with E-state index in [0.717, 1.165) is 16.7 Å². The van der Waals surface area contributed by atoms with Crippen LogP contribution in [0.1, 0.15) is 24.9 Å². The molecular formula is C24H24FN3O5S. The molecule has 1 amide bonds. The zero-order chi connectivity index (χ0) is 24.0. The molecule has 5 rings (SSSR count). The molecule has 2 aliphatic rings. The largest absolute Gasteiger partial charge is 0.456 e. The maximum atomic E-state index is 13.5. The van der Waals surface area contributed by atoms with Crippen LogP contribution in [0.3, 0.4) is 0 Å². The predicted molar refractivity (Wildman–Crippen MR) is 124 cm³/mol. The van der Waals surface area contributed by atoms with Gasteiger partial charge in [0.15, 0.2) is 9.84 Å². The number of halogens is 1. The molecule has 2 aromatic carbocycles. The molecule has 1 saturated heterocycles. The number of hydrogen-bond donors (Lipinski definition) is 0. The first-order valence-electron chi connectivity index (χ1n) is 11.0. The number of nitrogens with zero attached hydrogens (tertiary/aromatic N) is 3. The molecule has 34 heavy (non-hydrogen) atoms. The molecule has 2 aliphatic heterocycles. The third kappa shape index (κ3) is 4.02. The summed E-state index contributed by atoms with van der Waals surface area (Å²) in [7, 11) is -1.64. The molecule has 0 saturated carbocycles. The van der Waals surface area contributed by atoms with Crippen molar-refractivity contribution in [2.75, 3.05) is 23.5 Å². The minimum absolute atomic E-state index is 0.0483. The Balaban J connectivity index is 1.60. The molecule has 1 fully saturated rings. The van der Waals surface area contributed by atoms with Crippen LogP contribution in [0, 0.1) is 5.82 Å². The van der Waals surface area contributed by atoms with Crippen LogP contribution in [-0.4, -0.2) is 48.9 Å². The van der Waals surface area contributed by atoms with Crippen molar-refractivity contribution in [3.05, 3.63) is 60.2 Å². The number of fused-ring (bicyclic) bond motifs is 1. The maximum Gasteiger partial charge on any atom is 0.414 e. The summed E-state index contributed by atoms with van der Waals surface area (Å²) in [5.41, 5.74) is 3.04. The van der Waals surface area contributed by atoms with Crippen LogP contribution >= 0.6 is 0 Å². The monoisotopic (exact) mass is 485 g/mol. The molecule has 0 N–H and O–H groups in total. The average Bonchev–Trinajstić information content (AvgIpc) is 3.28. The van der Waals surface area contributed by atoms with E-state index in [9.17, 15) is 17.6 Å². The lowest BCUT2D eigenvalue weighted by atomic mass is 9.92. The van der Waals surface area contributed by atoms with Crippen molar-refractivity contribution in [2.45, 2.75) is 31.8 Å². The predicted octanol–water partition coefficient (Wildman–Crippen LogP) is 4.36. The van der Waals surface area contributed by atoms with Crippen LogP contribution in [0.15, 0.2) is 48.8 Å². The van der Waals surface area contributed by atoms with E-state index in [1.165, 1.54) is 19.2 Å². The van der Waals surface area contributed by atoms with Gasteiger partial charge in [0.2, 0.25) is 0 Å². The van der Waals surface area contributed by atoms with Gasteiger partial charge in [0.1, 0.15) is 17.3 Å². The van der Waals surface area contributed by atoms with Crippen LogP contribution < -0.4 is 9.64 Å². The summed E-state index contributed by atoms with van der Waals surface area (Å²) in [6.45, 7) is 1.96. The highest BCUT2D eigenvalue weighted by Crippen LogP contribution is 2.45. The van der Waals surface area contributed by atoms with Crippen molar-refractivity contribution in [3.63, 3.8) is 0 Å². The molecular weight excluding hydrogens is 461 g/mol. The molecule has 1 atom stereocenters. The molecule has 10 heteroatoms. The molecule has 178 valence electrons. The van der Waals surface area contributed by atoms with Gasteiger partial charge in [-0.3, -0.25) is 9.58 Å². The summed E-state index contributed by atoms with van der Waals surface area (Å²) < 4.78 is 49.6. The van der Waals surface area contributed by atoms with Crippen molar-refractivity contribution < 1.29 is 27.1 Å². The number of carbonyl (C=O) groups is 1. The summed E-state index contributed by atoms with van der Waals surface area (Å²) in [5, 5.41) is 4.38. The van der Waals surface area contributed by atoms with E-state index in [1.807, 2.05) is 25.3 Å². The molecule has 8 nitrogen and oxygen atoms in total. The Morgan fingerprint density at radius 1 is 1.15 bits per heavy atom. The van der Waals surface area contributed by atoms with Gasteiger partial charge in [0.05, 0.1) is 36.5 Å². The third-order valence-corrected chi connectivity index (χ3v) is 8.12. The molecule has 0 bridgehead atoms. The molecule has 3 aromatic rings. The highest BCUT2D eigenvalue weighted by molar-refractivity contribution is 7.92. The summed E-state index contributed by atoms with van der Waals surface area (Å²) in [4.78, 5) is 14.1. The van der Waals surface area contributed by atoms with Crippen LogP contribution in [0.5, 0.6) is 11.5 Å². The van der Waals surface area contributed by atoms with Crippen molar-refractivity contribution >= 4 is 21.6 Å². The van der Waals surface area contributed by atoms with E-state index in [2.05, 4.69) is 5.10 Å². The number of sulfone groups is 1. The van der Waals surface area contributed by atoms with Gasteiger partial charge in [-0.25, -0.2) is 17.6 Å². The second-order valence-corrected chi connectivity index (χ2v) is 10.8. The van der Waals surface area contributed by atoms with Gasteiger partial charge in [0, 0.05) is 28.9 Å². The zero-order valence-corrected chi connectivity index (χ0v) is 19.6. The fourth-order valence-electron chi connectivity index (χ4n) is 4.51. The second kappa shape index (κ2) is 8.43. The molecule has 0 aliphatic carbocycles. The van der Waals surface area contributed by atoms with Crippen molar-refractivity contribution in [3.8, 4) is 22.6 Å². The minimum atomic E-state index is -2.99. The van der Waals surface area contributed by atoms with Crippen LogP contribution in [0.25, 0.3) is 11.1 Å². The molecule has 1 aromatic heterocycles. The average molecular weight is 486 g/mol. The van der Waals surface area contributed by atoms with E-state index in [-0.39, 0.29) is 29.4 Å². The number of methoxy groups -OCH3 is 1. The van der Waals surface area contributed by atoms with Gasteiger partial charge in [0.25, 0.3) is 0 Å². The fraction of sp³-hybridized carbons (Fsp3) is 0.333. The lowest BCUT2D eigenvalue weighted by Gasteiger charge is -2.35. The number of ether oxygens (including phenoxy) is 2. The fourth-order valence-corrected chi connectivity index (χ4v) is 5.89. The zero-order valence-electron chi connectivity index (χ0n) is 18.8. The standard InChI is InChI=1S/C24H24FN3O5S/c1-15-3-8-21-22(28(15)24(29)32-2)10-9-20(23(21)33-19-6-4-17(25)5-7-19)16-11-26-27(12-16)18-13-34(30,31)14-18/h4-7,9-12,15,18H,3,8,13-14H2,1-2H3. The van der Waals surface area contributed by atoms with Crippen LogP contribution in [0.2, 0.25) is 0 Å². The van der Waals surface area contributed by atoms with Gasteiger partial charge >= 0.3 is 6.09 Å². The van der Waals surface area contributed by atoms with Gasteiger partial charge in [-0.2, -0.15) is 5.10 Å². The number of aromatic nitrogens is 2. The van der Waals surface area contributed by atoms with Crippen LogP contribution in [-0.2, 0) is 21.0 Å². The lowest BCUT2D eigenvalue weighted by Crippen LogP contribution is -2.42. The molecule has 0 radical (unpaired) electrons. The second-order valence-electron chi connectivity index (χ2n) is 8.66.